The van der Waals surface area contributed by atoms with Crippen LogP contribution in [0.15, 0.2) is 60.7 Å². The largest absolute Gasteiger partial charge is 0.345 e. The molecule has 0 aromatic heterocycles. The first-order chi connectivity index (χ1) is 10.1. The summed E-state index contributed by atoms with van der Waals surface area (Å²) in [7, 11) is 1.89. The molecule has 0 spiro atoms. The first-order valence-electron chi connectivity index (χ1n) is 7.44. The number of nitrogens with zero attached hydrogens (tertiary/aromatic N) is 1. The summed E-state index contributed by atoms with van der Waals surface area (Å²) < 4.78 is 0. The van der Waals surface area contributed by atoms with Gasteiger partial charge in [-0.15, -0.1) is 0 Å². The average molecular weight is 281 g/mol. The summed E-state index contributed by atoms with van der Waals surface area (Å²) in [5, 5.41) is 0. The first-order valence-corrected chi connectivity index (χ1v) is 7.44. The predicted molar refractivity (Wildman–Crippen MR) is 87.2 cm³/mol. The molecule has 0 saturated heterocycles. The van der Waals surface area contributed by atoms with Crippen molar-refractivity contribution in [1.82, 2.24) is 4.90 Å². The number of rotatable bonds is 5. The molecule has 0 radical (unpaired) electrons. The Balaban J connectivity index is 2.35. The molecule has 0 atom stereocenters. The van der Waals surface area contributed by atoms with Gasteiger partial charge in [0.1, 0.15) is 0 Å². The predicted octanol–water partition coefficient (Wildman–Crippen LogP) is 3.93. The molecule has 2 heteroatoms. The first kappa shape index (κ1) is 15.3. The van der Waals surface area contributed by atoms with Crippen molar-refractivity contribution in [3.05, 3.63) is 71.8 Å². The summed E-state index contributed by atoms with van der Waals surface area (Å²) in [6.45, 7) is 5.03. The van der Waals surface area contributed by atoms with Gasteiger partial charge in [0.25, 0.3) is 0 Å². The van der Waals surface area contributed by atoms with Crippen LogP contribution in [-0.2, 0) is 4.79 Å². The molecule has 0 fully saturated rings. The van der Waals surface area contributed by atoms with E-state index in [1.165, 1.54) is 0 Å². The van der Waals surface area contributed by atoms with E-state index in [-0.39, 0.29) is 11.8 Å². The molecular weight excluding hydrogens is 258 g/mol. The Kier molecular flexibility index (Phi) is 5.15. The van der Waals surface area contributed by atoms with Crippen LogP contribution in [0.3, 0.4) is 0 Å². The van der Waals surface area contributed by atoms with E-state index in [1.54, 1.807) is 0 Å². The SMILES string of the molecule is CC(C)CN(C)C(=O)C(c1ccccc1)c1ccccc1. The van der Waals surface area contributed by atoms with Crippen LogP contribution < -0.4 is 0 Å². The maximum absolute atomic E-state index is 12.9. The summed E-state index contributed by atoms with van der Waals surface area (Å²) in [6, 6.07) is 20.0. The topological polar surface area (TPSA) is 20.3 Å². The summed E-state index contributed by atoms with van der Waals surface area (Å²) in [5.41, 5.74) is 2.09. The number of benzene rings is 2. The maximum Gasteiger partial charge on any atom is 0.234 e. The fourth-order valence-electron chi connectivity index (χ4n) is 2.63. The molecule has 0 aliphatic heterocycles. The molecule has 2 rings (SSSR count). The zero-order valence-electron chi connectivity index (χ0n) is 13.0. The Labute approximate surface area is 127 Å². The van der Waals surface area contributed by atoms with Gasteiger partial charge in [0, 0.05) is 13.6 Å². The highest BCUT2D eigenvalue weighted by Gasteiger charge is 2.25. The van der Waals surface area contributed by atoms with E-state index in [0.29, 0.717) is 5.92 Å². The van der Waals surface area contributed by atoms with Crippen LogP contribution in [0.2, 0.25) is 0 Å². The fraction of sp³-hybridized carbons (Fsp3) is 0.316. The van der Waals surface area contributed by atoms with Crippen LogP contribution in [0.4, 0.5) is 0 Å². The molecule has 21 heavy (non-hydrogen) atoms. The number of carbonyl (C=O) groups is 1. The second-order valence-electron chi connectivity index (χ2n) is 5.87. The Morgan fingerprint density at radius 3 is 1.71 bits per heavy atom. The van der Waals surface area contributed by atoms with Gasteiger partial charge in [-0.25, -0.2) is 0 Å². The van der Waals surface area contributed by atoms with Gasteiger partial charge >= 0.3 is 0 Å². The molecule has 2 nitrogen and oxygen atoms in total. The molecule has 0 unspecified atom stereocenters. The van der Waals surface area contributed by atoms with Crippen molar-refractivity contribution in [3.63, 3.8) is 0 Å². The van der Waals surface area contributed by atoms with E-state index in [9.17, 15) is 4.79 Å². The van der Waals surface area contributed by atoms with Crippen LogP contribution in [-0.4, -0.2) is 24.4 Å². The zero-order valence-corrected chi connectivity index (χ0v) is 13.0. The summed E-state index contributed by atoms with van der Waals surface area (Å²) >= 11 is 0. The highest BCUT2D eigenvalue weighted by Crippen LogP contribution is 2.26. The van der Waals surface area contributed by atoms with Gasteiger partial charge < -0.3 is 4.90 Å². The minimum absolute atomic E-state index is 0.154. The number of hydrogen-bond acceptors (Lipinski definition) is 1. The van der Waals surface area contributed by atoms with E-state index in [4.69, 9.17) is 0 Å². The average Bonchev–Trinajstić information content (AvgIpc) is 2.49. The van der Waals surface area contributed by atoms with E-state index in [1.807, 2.05) is 72.6 Å². The summed E-state index contributed by atoms with van der Waals surface area (Å²) in [6.07, 6.45) is 0. The molecule has 110 valence electrons. The van der Waals surface area contributed by atoms with Crippen LogP contribution in [0, 0.1) is 5.92 Å². The number of carbonyl (C=O) groups excluding carboxylic acids is 1. The fourth-order valence-corrected chi connectivity index (χ4v) is 2.63. The van der Waals surface area contributed by atoms with Gasteiger partial charge in [0.05, 0.1) is 5.92 Å². The van der Waals surface area contributed by atoms with Crippen LogP contribution in [0.1, 0.15) is 30.9 Å². The molecule has 0 N–H and O–H groups in total. The monoisotopic (exact) mass is 281 g/mol. The molecule has 2 aromatic rings. The molecular formula is C19H23NO. The van der Waals surface area contributed by atoms with E-state index >= 15 is 0 Å². The van der Waals surface area contributed by atoms with Crippen LogP contribution in [0.5, 0.6) is 0 Å². The molecule has 1 amide bonds. The minimum Gasteiger partial charge on any atom is -0.345 e. The van der Waals surface area contributed by atoms with Gasteiger partial charge in [-0.2, -0.15) is 0 Å². The lowest BCUT2D eigenvalue weighted by atomic mass is 9.90. The lowest BCUT2D eigenvalue weighted by molar-refractivity contribution is -0.131. The minimum atomic E-state index is -0.226. The molecule has 0 saturated carbocycles. The normalized spacial score (nSPS) is 10.9. The van der Waals surface area contributed by atoms with Gasteiger partial charge in [-0.1, -0.05) is 74.5 Å². The van der Waals surface area contributed by atoms with Gasteiger partial charge in [0.15, 0.2) is 0 Å². The smallest absolute Gasteiger partial charge is 0.234 e. The Morgan fingerprint density at radius 2 is 1.33 bits per heavy atom. The third-order valence-electron chi connectivity index (χ3n) is 3.53. The highest BCUT2D eigenvalue weighted by molar-refractivity contribution is 5.87. The quantitative estimate of drug-likeness (QED) is 0.813. The maximum atomic E-state index is 12.9. The number of amides is 1. The highest BCUT2D eigenvalue weighted by atomic mass is 16.2. The molecule has 0 aliphatic carbocycles. The second-order valence-corrected chi connectivity index (χ2v) is 5.87. The van der Waals surface area contributed by atoms with E-state index < -0.39 is 0 Å². The molecule has 0 heterocycles. The second kappa shape index (κ2) is 7.07. The Bertz CT molecular complexity index is 523. The van der Waals surface area contributed by atoms with Gasteiger partial charge in [-0.05, 0) is 17.0 Å². The van der Waals surface area contributed by atoms with Crippen LogP contribution >= 0.6 is 0 Å². The van der Waals surface area contributed by atoms with Crippen molar-refractivity contribution in [2.45, 2.75) is 19.8 Å². The van der Waals surface area contributed by atoms with E-state index in [2.05, 4.69) is 13.8 Å². The Hall–Kier alpha value is -2.09. The van der Waals surface area contributed by atoms with Crippen LogP contribution in [0.25, 0.3) is 0 Å². The lowest BCUT2D eigenvalue weighted by Crippen LogP contribution is -2.34. The van der Waals surface area contributed by atoms with Crippen molar-refractivity contribution in [2.75, 3.05) is 13.6 Å². The van der Waals surface area contributed by atoms with Gasteiger partial charge in [0.2, 0.25) is 5.91 Å². The molecule has 2 aromatic carbocycles. The van der Waals surface area contributed by atoms with Crippen molar-refractivity contribution >= 4 is 5.91 Å². The summed E-state index contributed by atoms with van der Waals surface area (Å²) in [4.78, 5) is 14.7. The standard InChI is InChI=1S/C19H23NO/c1-15(2)14-20(3)19(21)18(16-10-6-4-7-11-16)17-12-8-5-9-13-17/h4-13,15,18H,14H2,1-3H3. The van der Waals surface area contributed by atoms with Crippen molar-refractivity contribution < 1.29 is 4.79 Å². The lowest BCUT2D eigenvalue weighted by Gasteiger charge is -2.26. The summed E-state index contributed by atoms with van der Waals surface area (Å²) in [5.74, 6) is 0.392. The Morgan fingerprint density at radius 1 is 0.905 bits per heavy atom. The third-order valence-corrected chi connectivity index (χ3v) is 3.53. The third kappa shape index (κ3) is 3.94. The van der Waals surface area contributed by atoms with E-state index in [0.717, 1.165) is 17.7 Å². The zero-order chi connectivity index (χ0) is 15.2. The van der Waals surface area contributed by atoms with Gasteiger partial charge in [-0.3, -0.25) is 4.79 Å². The number of hydrogen-bond donors (Lipinski definition) is 0. The van der Waals surface area contributed by atoms with Crippen molar-refractivity contribution in [1.29, 1.82) is 0 Å². The van der Waals surface area contributed by atoms with Crippen molar-refractivity contribution in [3.8, 4) is 0 Å². The molecule has 0 bridgehead atoms. The number of likely N-dealkylation sites (N-methyl/N-ethyl adjacent to an activating group) is 1. The molecule has 0 aliphatic rings. The van der Waals surface area contributed by atoms with Crippen molar-refractivity contribution in [2.24, 2.45) is 5.92 Å².